The first kappa shape index (κ1) is 8.61. The Balaban J connectivity index is 3.89. The molecule has 0 aromatic rings. The van der Waals surface area contributed by atoms with Crippen LogP contribution in [0.15, 0.2) is 12.7 Å². The van der Waals surface area contributed by atoms with E-state index in [1.165, 1.54) is 0 Å². The summed E-state index contributed by atoms with van der Waals surface area (Å²) in [5.41, 5.74) is 0. The van der Waals surface area contributed by atoms with Gasteiger partial charge in [-0.1, -0.05) is 6.08 Å². The maximum Gasteiger partial charge on any atom is 0.267 e. The minimum Gasteiger partial charge on any atom is -0.388 e. The molecule has 0 aliphatic carbocycles. The van der Waals surface area contributed by atoms with Crippen molar-refractivity contribution in [3.8, 4) is 0 Å². The Hall–Kier alpha value is -0.390. The summed E-state index contributed by atoms with van der Waals surface area (Å²) in [6.07, 6.45) is -0.145. The van der Waals surface area contributed by atoms with Crippen molar-refractivity contribution in [1.82, 2.24) is 0 Å². The summed E-state index contributed by atoms with van der Waals surface area (Å²) in [4.78, 5) is 0. The first-order valence-corrected chi connectivity index (χ1v) is 3.82. The number of aliphatic hydroxyl groups excluding tert-OH is 1. The molecule has 0 bridgehead atoms. The van der Waals surface area contributed by atoms with Crippen molar-refractivity contribution in [2.24, 2.45) is 0 Å². The second-order valence-corrected chi connectivity index (χ2v) is 3.05. The molecule has 5 heteroatoms. The largest absolute Gasteiger partial charge is 0.388 e. The molecule has 2 N–H and O–H groups in total. The summed E-state index contributed by atoms with van der Waals surface area (Å²) in [6, 6.07) is 0. The number of hydrogen-bond donors (Lipinski definition) is 2. The van der Waals surface area contributed by atoms with E-state index in [0.717, 1.165) is 6.08 Å². The van der Waals surface area contributed by atoms with Gasteiger partial charge in [-0.2, -0.15) is 8.42 Å². The van der Waals surface area contributed by atoms with E-state index in [0.29, 0.717) is 0 Å². The molecule has 0 aliphatic rings. The highest BCUT2D eigenvalue weighted by atomic mass is 32.2. The molecule has 0 heterocycles. The zero-order valence-electron chi connectivity index (χ0n) is 4.69. The van der Waals surface area contributed by atoms with Crippen molar-refractivity contribution >= 4 is 10.1 Å². The van der Waals surface area contributed by atoms with E-state index in [4.69, 9.17) is 9.66 Å². The van der Waals surface area contributed by atoms with Crippen LogP contribution in [0.25, 0.3) is 0 Å². The Morgan fingerprint density at radius 3 is 2.22 bits per heavy atom. The highest BCUT2D eigenvalue weighted by Gasteiger charge is 2.09. The van der Waals surface area contributed by atoms with Gasteiger partial charge in [0.15, 0.2) is 0 Å². The first-order chi connectivity index (χ1) is 3.95. The molecule has 0 spiro atoms. The average molecular weight is 152 g/mol. The first-order valence-electron chi connectivity index (χ1n) is 2.21. The molecule has 0 saturated carbocycles. The molecule has 0 aromatic carbocycles. The van der Waals surface area contributed by atoms with Crippen LogP contribution in [0.4, 0.5) is 0 Å². The Bertz CT molecular complexity index is 181. The van der Waals surface area contributed by atoms with Crippen molar-refractivity contribution in [3.63, 3.8) is 0 Å². The van der Waals surface area contributed by atoms with Crippen molar-refractivity contribution in [1.29, 1.82) is 0 Å². The standard InChI is InChI=1S/C4H8O4S/c1-2-4(5)3-9(6,7)8/h2,4-5H,1,3H2,(H,6,7,8). The second kappa shape index (κ2) is 2.95. The molecule has 0 aromatic heterocycles. The molecular formula is C4H8O4S. The van der Waals surface area contributed by atoms with Crippen LogP contribution in [0.2, 0.25) is 0 Å². The molecule has 54 valence electrons. The van der Waals surface area contributed by atoms with Gasteiger partial charge >= 0.3 is 0 Å². The average Bonchev–Trinajstić information content (AvgIpc) is 1.62. The Labute approximate surface area is 53.6 Å². The molecule has 0 amide bonds. The van der Waals surface area contributed by atoms with E-state index in [-0.39, 0.29) is 0 Å². The fraction of sp³-hybridized carbons (Fsp3) is 0.500. The van der Waals surface area contributed by atoms with Gasteiger partial charge in [-0.15, -0.1) is 6.58 Å². The van der Waals surface area contributed by atoms with E-state index < -0.39 is 22.0 Å². The van der Waals surface area contributed by atoms with Gasteiger partial charge in [-0.3, -0.25) is 4.55 Å². The van der Waals surface area contributed by atoms with Crippen LogP contribution in [-0.2, 0) is 10.1 Å². The summed E-state index contributed by atoms with van der Waals surface area (Å²) < 4.78 is 28.0. The van der Waals surface area contributed by atoms with Crippen LogP contribution >= 0.6 is 0 Å². The predicted octanol–water partition coefficient (Wildman–Crippen LogP) is -0.579. The van der Waals surface area contributed by atoms with E-state index in [1.54, 1.807) is 0 Å². The smallest absolute Gasteiger partial charge is 0.267 e. The van der Waals surface area contributed by atoms with E-state index >= 15 is 0 Å². The quantitative estimate of drug-likeness (QED) is 0.419. The fourth-order valence-corrected chi connectivity index (χ4v) is 0.852. The van der Waals surface area contributed by atoms with Gasteiger partial charge in [-0.05, 0) is 0 Å². The van der Waals surface area contributed by atoms with Crippen LogP contribution in [0.1, 0.15) is 0 Å². The van der Waals surface area contributed by atoms with E-state index in [2.05, 4.69) is 6.58 Å². The van der Waals surface area contributed by atoms with Gasteiger partial charge in [-0.25, -0.2) is 0 Å². The maximum absolute atomic E-state index is 9.95. The second-order valence-electron chi connectivity index (χ2n) is 1.55. The minimum absolute atomic E-state index is 0.684. The van der Waals surface area contributed by atoms with Gasteiger partial charge in [0.25, 0.3) is 10.1 Å². The van der Waals surface area contributed by atoms with Gasteiger partial charge in [0.05, 0.1) is 6.10 Å². The molecule has 0 rings (SSSR count). The van der Waals surface area contributed by atoms with Crippen molar-refractivity contribution in [3.05, 3.63) is 12.7 Å². The molecule has 0 saturated heterocycles. The third-order valence-corrected chi connectivity index (χ3v) is 1.42. The molecule has 4 nitrogen and oxygen atoms in total. The van der Waals surface area contributed by atoms with Crippen LogP contribution in [0.3, 0.4) is 0 Å². The third kappa shape index (κ3) is 5.48. The predicted molar refractivity (Wildman–Crippen MR) is 32.6 cm³/mol. The lowest BCUT2D eigenvalue weighted by Crippen LogP contribution is -2.17. The summed E-state index contributed by atoms with van der Waals surface area (Å²) in [7, 11) is -4.06. The van der Waals surface area contributed by atoms with Gasteiger partial charge in [0.2, 0.25) is 0 Å². The van der Waals surface area contributed by atoms with E-state index in [9.17, 15) is 8.42 Å². The lowest BCUT2D eigenvalue weighted by atomic mass is 10.4. The molecule has 0 aliphatic heterocycles. The Morgan fingerprint density at radius 1 is 1.67 bits per heavy atom. The highest BCUT2D eigenvalue weighted by molar-refractivity contribution is 7.85. The normalized spacial score (nSPS) is 14.9. The highest BCUT2D eigenvalue weighted by Crippen LogP contribution is 1.89. The lowest BCUT2D eigenvalue weighted by Gasteiger charge is -1.98. The Kier molecular flexibility index (Phi) is 2.83. The van der Waals surface area contributed by atoms with Crippen LogP contribution < -0.4 is 0 Å². The Morgan fingerprint density at radius 2 is 2.11 bits per heavy atom. The van der Waals surface area contributed by atoms with Gasteiger partial charge in [0, 0.05) is 0 Å². The van der Waals surface area contributed by atoms with Crippen molar-refractivity contribution in [2.75, 3.05) is 5.75 Å². The fourth-order valence-electron chi connectivity index (χ4n) is 0.284. The summed E-state index contributed by atoms with van der Waals surface area (Å²) in [5.74, 6) is -0.684. The molecule has 1 unspecified atom stereocenters. The van der Waals surface area contributed by atoms with Crippen molar-refractivity contribution < 1.29 is 18.1 Å². The molecule has 1 atom stereocenters. The SMILES string of the molecule is C=CC(O)CS(=O)(=O)O. The zero-order chi connectivity index (χ0) is 7.49. The van der Waals surface area contributed by atoms with Crippen LogP contribution in [0.5, 0.6) is 0 Å². The number of rotatable bonds is 3. The summed E-state index contributed by atoms with van der Waals surface area (Å²) in [5, 5.41) is 8.54. The maximum atomic E-state index is 9.95. The molecular weight excluding hydrogens is 144 g/mol. The zero-order valence-corrected chi connectivity index (χ0v) is 5.50. The summed E-state index contributed by atoms with van der Waals surface area (Å²) in [6.45, 7) is 3.12. The van der Waals surface area contributed by atoms with Crippen molar-refractivity contribution in [2.45, 2.75) is 6.10 Å². The molecule has 9 heavy (non-hydrogen) atoms. The molecule has 0 radical (unpaired) electrons. The van der Waals surface area contributed by atoms with Crippen LogP contribution in [0, 0.1) is 0 Å². The number of aliphatic hydroxyl groups is 1. The number of hydrogen-bond acceptors (Lipinski definition) is 3. The third-order valence-electron chi connectivity index (χ3n) is 0.653. The molecule has 0 fully saturated rings. The minimum atomic E-state index is -4.06. The topological polar surface area (TPSA) is 74.6 Å². The van der Waals surface area contributed by atoms with E-state index in [1.807, 2.05) is 0 Å². The van der Waals surface area contributed by atoms with Gasteiger partial charge < -0.3 is 5.11 Å². The van der Waals surface area contributed by atoms with Gasteiger partial charge in [0.1, 0.15) is 5.75 Å². The monoisotopic (exact) mass is 152 g/mol. The summed E-state index contributed by atoms with van der Waals surface area (Å²) >= 11 is 0. The van der Waals surface area contributed by atoms with Crippen LogP contribution in [-0.4, -0.2) is 29.9 Å². The lowest BCUT2D eigenvalue weighted by molar-refractivity contribution is 0.243.